The highest BCUT2D eigenvalue weighted by Crippen LogP contribution is 2.34. The first-order chi connectivity index (χ1) is 18.9. The van der Waals surface area contributed by atoms with E-state index in [2.05, 4.69) is 10.2 Å². The SMILES string of the molecule is COc1ccc(-c2cc(=O)oc3c(C)c(O[C@@H](C)C(=O)Nc4ccc(CN5CCOCC5)cc4)ccc23)cc1. The van der Waals surface area contributed by atoms with E-state index in [9.17, 15) is 9.59 Å². The van der Waals surface area contributed by atoms with Crippen LogP contribution in [-0.4, -0.2) is 50.3 Å². The minimum absolute atomic E-state index is 0.274. The molecule has 0 bridgehead atoms. The summed E-state index contributed by atoms with van der Waals surface area (Å²) in [4.78, 5) is 27.7. The summed E-state index contributed by atoms with van der Waals surface area (Å²) in [7, 11) is 1.61. The number of ether oxygens (including phenoxy) is 3. The third-order valence-corrected chi connectivity index (χ3v) is 6.92. The number of amides is 1. The minimum Gasteiger partial charge on any atom is -0.497 e. The van der Waals surface area contributed by atoms with Gasteiger partial charge < -0.3 is 23.9 Å². The molecule has 1 atom stereocenters. The number of aryl methyl sites for hydroxylation is 1. The van der Waals surface area contributed by atoms with Crippen molar-refractivity contribution in [2.75, 3.05) is 38.7 Å². The Balaban J connectivity index is 1.29. The summed E-state index contributed by atoms with van der Waals surface area (Å²) in [6.45, 7) is 7.74. The van der Waals surface area contributed by atoms with Gasteiger partial charge in [-0.1, -0.05) is 24.3 Å². The van der Waals surface area contributed by atoms with Crippen LogP contribution in [0.5, 0.6) is 11.5 Å². The van der Waals surface area contributed by atoms with Gasteiger partial charge >= 0.3 is 5.63 Å². The lowest BCUT2D eigenvalue weighted by molar-refractivity contribution is -0.122. The van der Waals surface area contributed by atoms with Gasteiger partial charge in [-0.05, 0) is 66.9 Å². The van der Waals surface area contributed by atoms with Crippen molar-refractivity contribution in [2.24, 2.45) is 0 Å². The van der Waals surface area contributed by atoms with Crippen LogP contribution in [0.4, 0.5) is 5.69 Å². The number of nitrogens with zero attached hydrogens (tertiary/aromatic N) is 1. The molecule has 1 N–H and O–H groups in total. The summed E-state index contributed by atoms with van der Waals surface area (Å²) in [5.74, 6) is 0.930. The van der Waals surface area contributed by atoms with Gasteiger partial charge in [0.15, 0.2) is 6.10 Å². The number of hydrogen-bond donors (Lipinski definition) is 1. The van der Waals surface area contributed by atoms with E-state index in [1.807, 2.05) is 61.5 Å². The van der Waals surface area contributed by atoms with Gasteiger partial charge in [0.1, 0.15) is 17.1 Å². The zero-order valence-electron chi connectivity index (χ0n) is 22.4. The van der Waals surface area contributed by atoms with Gasteiger partial charge in [0.2, 0.25) is 0 Å². The molecule has 2 heterocycles. The first-order valence-corrected chi connectivity index (χ1v) is 13.0. The van der Waals surface area contributed by atoms with Crippen LogP contribution < -0.4 is 20.4 Å². The highest BCUT2D eigenvalue weighted by Gasteiger charge is 2.19. The molecule has 1 amide bonds. The van der Waals surface area contributed by atoms with Crippen molar-refractivity contribution in [1.82, 2.24) is 4.90 Å². The van der Waals surface area contributed by atoms with E-state index in [0.717, 1.165) is 55.1 Å². The molecule has 4 aromatic rings. The van der Waals surface area contributed by atoms with Crippen LogP contribution in [0, 0.1) is 6.92 Å². The second-order valence-electron chi connectivity index (χ2n) is 9.61. The number of carbonyl (C=O) groups is 1. The number of fused-ring (bicyclic) bond motifs is 1. The normalized spacial score (nSPS) is 14.6. The fourth-order valence-corrected chi connectivity index (χ4v) is 4.68. The molecule has 1 aromatic heterocycles. The molecular formula is C31H32N2O6. The molecule has 0 spiro atoms. The Bertz CT molecular complexity index is 1510. The third-order valence-electron chi connectivity index (χ3n) is 6.92. The van der Waals surface area contributed by atoms with Gasteiger partial charge in [0, 0.05) is 42.3 Å². The largest absolute Gasteiger partial charge is 0.497 e. The minimum atomic E-state index is -0.773. The maximum absolute atomic E-state index is 12.9. The van der Waals surface area contributed by atoms with E-state index < -0.39 is 11.7 Å². The number of hydrogen-bond acceptors (Lipinski definition) is 7. The number of anilines is 1. The Kier molecular flexibility index (Phi) is 7.95. The Morgan fingerprint density at radius 2 is 1.74 bits per heavy atom. The van der Waals surface area contributed by atoms with Crippen molar-refractivity contribution in [1.29, 1.82) is 0 Å². The smallest absolute Gasteiger partial charge is 0.336 e. The molecular weight excluding hydrogens is 496 g/mol. The van der Waals surface area contributed by atoms with Crippen LogP contribution in [-0.2, 0) is 16.1 Å². The Morgan fingerprint density at radius 1 is 1.03 bits per heavy atom. The van der Waals surface area contributed by atoms with Crippen LogP contribution in [0.25, 0.3) is 22.1 Å². The third kappa shape index (κ3) is 6.13. The topological polar surface area (TPSA) is 90.2 Å². The first-order valence-electron chi connectivity index (χ1n) is 13.0. The van der Waals surface area contributed by atoms with Crippen molar-refractivity contribution in [2.45, 2.75) is 26.5 Å². The number of rotatable bonds is 8. The van der Waals surface area contributed by atoms with Crippen molar-refractivity contribution >= 4 is 22.6 Å². The molecule has 0 aliphatic carbocycles. The van der Waals surface area contributed by atoms with E-state index >= 15 is 0 Å². The lowest BCUT2D eigenvalue weighted by Gasteiger charge is -2.26. The maximum Gasteiger partial charge on any atom is 0.336 e. The van der Waals surface area contributed by atoms with Gasteiger partial charge in [-0.15, -0.1) is 0 Å². The molecule has 202 valence electrons. The van der Waals surface area contributed by atoms with Crippen LogP contribution >= 0.6 is 0 Å². The van der Waals surface area contributed by atoms with Gasteiger partial charge in [0.25, 0.3) is 5.91 Å². The first kappa shape index (κ1) is 26.5. The van der Waals surface area contributed by atoms with Crippen molar-refractivity contribution in [3.05, 3.63) is 88.3 Å². The van der Waals surface area contributed by atoms with Crippen molar-refractivity contribution in [3.63, 3.8) is 0 Å². The van der Waals surface area contributed by atoms with Crippen molar-refractivity contribution in [3.8, 4) is 22.6 Å². The standard InChI is InChI=1S/C31H32N2O6/c1-20-28(13-12-26-27(18-29(34)39-30(20)26)23-6-10-25(36-3)11-7-23)38-21(2)31(35)32-24-8-4-22(5-9-24)19-33-14-16-37-17-15-33/h4-13,18,21H,14-17,19H2,1-3H3,(H,32,35)/t21-/m0/s1. The predicted molar refractivity (Wildman–Crippen MR) is 150 cm³/mol. The second-order valence-corrected chi connectivity index (χ2v) is 9.61. The molecule has 8 heteroatoms. The highest BCUT2D eigenvalue weighted by molar-refractivity contribution is 5.96. The van der Waals surface area contributed by atoms with Crippen LogP contribution in [0.3, 0.4) is 0 Å². The lowest BCUT2D eigenvalue weighted by Crippen LogP contribution is -2.35. The quantitative estimate of drug-likeness (QED) is 0.321. The van der Waals surface area contributed by atoms with Gasteiger partial charge in [-0.2, -0.15) is 0 Å². The molecule has 1 fully saturated rings. The Labute approximate surface area is 227 Å². The van der Waals surface area contributed by atoms with Crippen LogP contribution in [0.15, 0.2) is 75.9 Å². The average Bonchev–Trinajstić information content (AvgIpc) is 2.96. The molecule has 1 saturated heterocycles. The summed E-state index contributed by atoms with van der Waals surface area (Å²) < 4.78 is 22.2. The summed E-state index contributed by atoms with van der Waals surface area (Å²) in [5, 5.41) is 3.69. The maximum atomic E-state index is 12.9. The zero-order chi connectivity index (χ0) is 27.4. The molecule has 0 unspecified atom stereocenters. The predicted octanol–water partition coefficient (Wildman–Crippen LogP) is 5.02. The number of carbonyl (C=O) groups excluding carboxylic acids is 1. The number of nitrogens with one attached hydrogen (secondary N) is 1. The zero-order valence-corrected chi connectivity index (χ0v) is 22.4. The van der Waals surface area contributed by atoms with E-state index in [4.69, 9.17) is 18.6 Å². The van der Waals surface area contributed by atoms with Crippen LogP contribution in [0.1, 0.15) is 18.1 Å². The summed E-state index contributed by atoms with van der Waals surface area (Å²) in [6.07, 6.45) is -0.773. The molecule has 0 saturated carbocycles. The summed E-state index contributed by atoms with van der Waals surface area (Å²) in [5.41, 5.74) is 4.11. The Morgan fingerprint density at radius 3 is 2.44 bits per heavy atom. The molecule has 5 rings (SSSR count). The average molecular weight is 529 g/mol. The fourth-order valence-electron chi connectivity index (χ4n) is 4.68. The van der Waals surface area contributed by atoms with E-state index in [1.54, 1.807) is 20.1 Å². The van der Waals surface area contributed by atoms with Gasteiger partial charge in [-0.25, -0.2) is 4.79 Å². The molecule has 1 aliphatic heterocycles. The van der Waals surface area contributed by atoms with E-state index in [0.29, 0.717) is 22.6 Å². The number of morpholine rings is 1. The Hall–Kier alpha value is -4.14. The van der Waals surface area contributed by atoms with Crippen molar-refractivity contribution < 1.29 is 23.4 Å². The number of benzene rings is 3. The molecule has 39 heavy (non-hydrogen) atoms. The number of methoxy groups -OCH3 is 1. The summed E-state index contributed by atoms with van der Waals surface area (Å²) >= 11 is 0. The van der Waals surface area contributed by atoms with Crippen LogP contribution in [0.2, 0.25) is 0 Å². The van der Waals surface area contributed by atoms with Gasteiger partial charge in [0.05, 0.1) is 20.3 Å². The van der Waals surface area contributed by atoms with Gasteiger partial charge in [-0.3, -0.25) is 9.69 Å². The van der Waals surface area contributed by atoms with E-state index in [-0.39, 0.29) is 5.91 Å². The molecule has 3 aromatic carbocycles. The lowest BCUT2D eigenvalue weighted by atomic mass is 10.00. The monoisotopic (exact) mass is 528 g/mol. The molecule has 0 radical (unpaired) electrons. The fraction of sp³-hybridized carbons (Fsp3) is 0.290. The summed E-state index contributed by atoms with van der Waals surface area (Å²) in [6, 6.07) is 20.4. The highest BCUT2D eigenvalue weighted by atomic mass is 16.5. The molecule has 1 aliphatic rings. The van der Waals surface area contributed by atoms with E-state index in [1.165, 1.54) is 11.6 Å². The molecule has 8 nitrogen and oxygen atoms in total. The second kappa shape index (κ2) is 11.7.